The molecule has 302 valence electrons. The Balaban J connectivity index is 4.27. The van der Waals surface area contributed by atoms with E-state index in [-0.39, 0.29) is 31.1 Å². The zero-order chi connectivity index (χ0) is 37.5. The van der Waals surface area contributed by atoms with Gasteiger partial charge in [-0.05, 0) is 25.2 Å². The Morgan fingerprint density at radius 1 is 0.373 bits per heavy atom. The van der Waals surface area contributed by atoms with Crippen LogP contribution in [0.3, 0.4) is 0 Å². The molecule has 0 aliphatic rings. The van der Waals surface area contributed by atoms with Crippen molar-refractivity contribution >= 4 is 17.9 Å². The van der Waals surface area contributed by atoms with Crippen LogP contribution in [0.4, 0.5) is 0 Å². The first kappa shape index (κ1) is 49.4. The normalized spacial score (nSPS) is 11.9. The average Bonchev–Trinajstić information content (AvgIpc) is 3.11. The second-order valence-electron chi connectivity index (χ2n) is 15.8. The van der Waals surface area contributed by atoms with Crippen LogP contribution in [0.1, 0.15) is 246 Å². The smallest absolute Gasteiger partial charge is 0.306 e. The highest BCUT2D eigenvalue weighted by Gasteiger charge is 2.19. The van der Waals surface area contributed by atoms with E-state index in [1.165, 1.54) is 141 Å². The first-order valence-corrected chi connectivity index (χ1v) is 22.4. The monoisotopic (exact) mass is 723 g/mol. The first-order chi connectivity index (χ1) is 24.9. The fourth-order valence-corrected chi connectivity index (χ4v) is 6.63. The van der Waals surface area contributed by atoms with Crippen LogP contribution in [0.2, 0.25) is 0 Å². The van der Waals surface area contributed by atoms with E-state index in [2.05, 4.69) is 27.7 Å². The second-order valence-corrected chi connectivity index (χ2v) is 15.8. The van der Waals surface area contributed by atoms with Gasteiger partial charge in [0.15, 0.2) is 6.10 Å². The number of hydrogen-bond donors (Lipinski definition) is 0. The van der Waals surface area contributed by atoms with E-state index >= 15 is 0 Å². The molecule has 0 aromatic heterocycles. The fourth-order valence-electron chi connectivity index (χ4n) is 6.63. The van der Waals surface area contributed by atoms with Gasteiger partial charge >= 0.3 is 17.9 Å². The van der Waals surface area contributed by atoms with Crippen molar-refractivity contribution in [3.63, 3.8) is 0 Å². The zero-order valence-corrected chi connectivity index (χ0v) is 34.6. The maximum Gasteiger partial charge on any atom is 0.306 e. The molecule has 0 spiro atoms. The Hall–Kier alpha value is -1.59. The number of esters is 3. The van der Waals surface area contributed by atoms with E-state index < -0.39 is 6.10 Å². The van der Waals surface area contributed by atoms with Crippen molar-refractivity contribution in [2.24, 2.45) is 5.92 Å². The topological polar surface area (TPSA) is 78.9 Å². The highest BCUT2D eigenvalue weighted by molar-refractivity contribution is 5.71. The van der Waals surface area contributed by atoms with Crippen LogP contribution in [0.15, 0.2) is 0 Å². The summed E-state index contributed by atoms with van der Waals surface area (Å²) >= 11 is 0. The molecular weight excluding hydrogens is 636 g/mol. The fraction of sp³-hybridized carbons (Fsp3) is 0.933. The summed E-state index contributed by atoms with van der Waals surface area (Å²) in [7, 11) is 0. The van der Waals surface area contributed by atoms with Gasteiger partial charge in [-0.15, -0.1) is 0 Å². The summed E-state index contributed by atoms with van der Waals surface area (Å²) in [6, 6.07) is 0. The first-order valence-electron chi connectivity index (χ1n) is 22.4. The molecule has 0 radical (unpaired) electrons. The molecule has 0 heterocycles. The summed E-state index contributed by atoms with van der Waals surface area (Å²) in [5.41, 5.74) is 0. The molecule has 6 nitrogen and oxygen atoms in total. The molecule has 0 aliphatic carbocycles. The van der Waals surface area contributed by atoms with E-state index in [0.29, 0.717) is 19.3 Å². The highest BCUT2D eigenvalue weighted by Crippen LogP contribution is 2.16. The molecule has 0 saturated carbocycles. The number of carbonyl (C=O) groups is 3. The third kappa shape index (κ3) is 39.5. The van der Waals surface area contributed by atoms with E-state index in [9.17, 15) is 14.4 Å². The van der Waals surface area contributed by atoms with Gasteiger partial charge in [-0.2, -0.15) is 0 Å². The molecule has 0 aliphatic heterocycles. The molecule has 0 N–H and O–H groups in total. The average molecular weight is 723 g/mol. The maximum atomic E-state index is 12.7. The molecule has 0 fully saturated rings. The maximum absolute atomic E-state index is 12.7. The van der Waals surface area contributed by atoms with E-state index in [1.807, 2.05) is 0 Å². The highest BCUT2D eigenvalue weighted by atomic mass is 16.6. The summed E-state index contributed by atoms with van der Waals surface area (Å²) in [6.45, 7) is 8.93. The molecule has 0 unspecified atom stereocenters. The largest absolute Gasteiger partial charge is 0.462 e. The predicted molar refractivity (Wildman–Crippen MR) is 215 cm³/mol. The molecule has 1 atom stereocenters. The number of unbranched alkanes of at least 4 members (excludes halogenated alkanes) is 27. The van der Waals surface area contributed by atoms with Crippen LogP contribution in [0, 0.1) is 5.92 Å². The lowest BCUT2D eigenvalue weighted by Gasteiger charge is -2.18. The van der Waals surface area contributed by atoms with Gasteiger partial charge in [0.2, 0.25) is 0 Å². The van der Waals surface area contributed by atoms with Crippen molar-refractivity contribution in [3.8, 4) is 0 Å². The summed E-state index contributed by atoms with van der Waals surface area (Å²) in [6.07, 6.45) is 38.1. The van der Waals surface area contributed by atoms with Crippen molar-refractivity contribution in [2.75, 3.05) is 13.2 Å². The van der Waals surface area contributed by atoms with Gasteiger partial charge in [0, 0.05) is 19.3 Å². The molecule has 51 heavy (non-hydrogen) atoms. The second kappa shape index (κ2) is 39.6. The van der Waals surface area contributed by atoms with Crippen LogP contribution in [-0.4, -0.2) is 37.2 Å². The Morgan fingerprint density at radius 2 is 0.647 bits per heavy atom. The van der Waals surface area contributed by atoms with Crippen molar-refractivity contribution in [3.05, 3.63) is 0 Å². The van der Waals surface area contributed by atoms with Crippen LogP contribution >= 0.6 is 0 Å². The van der Waals surface area contributed by atoms with E-state index in [0.717, 1.165) is 63.7 Å². The van der Waals surface area contributed by atoms with Gasteiger partial charge in [-0.1, -0.05) is 207 Å². The number of hydrogen-bond acceptors (Lipinski definition) is 6. The van der Waals surface area contributed by atoms with E-state index in [4.69, 9.17) is 14.2 Å². The number of carbonyl (C=O) groups excluding carboxylic acids is 3. The summed E-state index contributed by atoms with van der Waals surface area (Å²) < 4.78 is 16.6. The summed E-state index contributed by atoms with van der Waals surface area (Å²) in [5.74, 6) is -0.0533. The SMILES string of the molecule is CCCCCCCCCCCCCCCCC(=O)O[C@@H](COC(=O)CCCCCCCCC)COC(=O)CCCCCCCCCCCC(C)C. The van der Waals surface area contributed by atoms with Gasteiger partial charge in [-0.3, -0.25) is 14.4 Å². The minimum absolute atomic E-state index is 0.0647. The minimum atomic E-state index is -0.758. The number of ether oxygens (including phenoxy) is 3. The van der Waals surface area contributed by atoms with Gasteiger partial charge in [-0.25, -0.2) is 0 Å². The molecule has 0 aromatic rings. The Bertz CT molecular complexity index is 766. The molecule has 0 bridgehead atoms. The number of rotatable bonds is 40. The Labute approximate surface area is 317 Å². The molecule has 6 heteroatoms. The lowest BCUT2D eigenvalue weighted by Crippen LogP contribution is -2.30. The molecule has 0 aromatic carbocycles. The zero-order valence-electron chi connectivity index (χ0n) is 34.6. The third-order valence-corrected chi connectivity index (χ3v) is 10.0. The molecule has 0 rings (SSSR count). The third-order valence-electron chi connectivity index (χ3n) is 10.0. The quantitative estimate of drug-likeness (QED) is 0.0356. The molecular formula is C45H86O6. The van der Waals surface area contributed by atoms with Crippen LogP contribution in [0.25, 0.3) is 0 Å². The van der Waals surface area contributed by atoms with Crippen LogP contribution in [0.5, 0.6) is 0 Å². The van der Waals surface area contributed by atoms with Crippen molar-refractivity contribution in [1.29, 1.82) is 0 Å². The van der Waals surface area contributed by atoms with Crippen molar-refractivity contribution in [1.82, 2.24) is 0 Å². The van der Waals surface area contributed by atoms with E-state index in [1.54, 1.807) is 0 Å². The van der Waals surface area contributed by atoms with Crippen molar-refractivity contribution in [2.45, 2.75) is 252 Å². The Kier molecular flexibility index (Phi) is 38.4. The van der Waals surface area contributed by atoms with Crippen molar-refractivity contribution < 1.29 is 28.6 Å². The summed E-state index contributed by atoms with van der Waals surface area (Å²) in [4.78, 5) is 37.5. The van der Waals surface area contributed by atoms with Gasteiger partial charge in [0.25, 0.3) is 0 Å². The van der Waals surface area contributed by atoms with Gasteiger partial charge in [0.05, 0.1) is 0 Å². The molecule has 0 amide bonds. The van der Waals surface area contributed by atoms with Gasteiger partial charge < -0.3 is 14.2 Å². The summed E-state index contributed by atoms with van der Waals surface area (Å²) in [5, 5.41) is 0. The van der Waals surface area contributed by atoms with Crippen LogP contribution < -0.4 is 0 Å². The standard InChI is InChI=1S/C45H86O6/c1-5-7-9-11-13-14-15-16-17-18-21-26-30-34-38-45(48)51-42(39-49-43(46)36-32-28-23-12-10-8-6-2)40-50-44(47)37-33-29-25-22-19-20-24-27-31-35-41(3)4/h41-42H,5-40H2,1-4H3/t42-/m0/s1. The van der Waals surface area contributed by atoms with Gasteiger partial charge in [0.1, 0.15) is 13.2 Å². The lowest BCUT2D eigenvalue weighted by atomic mass is 10.0. The Morgan fingerprint density at radius 3 is 0.961 bits per heavy atom. The molecule has 0 saturated heterocycles. The predicted octanol–water partition coefficient (Wildman–Crippen LogP) is 13.9. The lowest BCUT2D eigenvalue weighted by molar-refractivity contribution is -0.167. The van der Waals surface area contributed by atoms with Crippen LogP contribution in [-0.2, 0) is 28.6 Å². The minimum Gasteiger partial charge on any atom is -0.462 e.